The molecule has 0 aliphatic heterocycles. The Labute approximate surface area is 464 Å². The zero-order chi connectivity index (χ0) is 56.9. The van der Waals surface area contributed by atoms with Gasteiger partial charge in [0.15, 0.2) is 19.0 Å². The summed E-state index contributed by atoms with van der Waals surface area (Å²) in [6.07, 6.45) is 16.5. The molecule has 0 aromatic carbocycles. The van der Waals surface area contributed by atoms with E-state index < -0.39 is 44.0 Å². The molecule has 8 N–H and O–H groups in total. The van der Waals surface area contributed by atoms with Crippen LogP contribution in [0.3, 0.4) is 0 Å². The Balaban J connectivity index is 0.000000163. The number of hydrogen-bond acceptors (Lipinski definition) is 14. The highest BCUT2D eigenvalue weighted by Crippen LogP contribution is 2.58. The summed E-state index contributed by atoms with van der Waals surface area (Å²) < 4.78 is 78.8. The van der Waals surface area contributed by atoms with Crippen LogP contribution in [-0.2, 0) is 0 Å². The number of nitrogens with zero attached hydrogens (tertiary/aromatic N) is 6. The SMILES string of the molecule is CC(F)(F)COc1ccc2c(C(=O)NC3CC4(C3)CC(Oc3ncccc3C(N)=O)C4)cnn2c1Br.CC(F)(F)COc1ccc2c(C(=O)NC3CC4(C3)CC(Oc3ncccc3C(N)=O)C4)cnn2c1C1CC1.OB(O)C1CC1. The van der Waals surface area contributed by atoms with Gasteiger partial charge in [0.05, 0.1) is 40.2 Å². The van der Waals surface area contributed by atoms with Crippen molar-refractivity contribution in [3.05, 3.63) is 106 Å². The van der Waals surface area contributed by atoms with E-state index in [1.807, 2.05) is 0 Å². The maximum atomic E-state index is 13.4. The molecule has 6 aromatic heterocycles. The van der Waals surface area contributed by atoms with Gasteiger partial charge >= 0.3 is 7.12 Å². The number of nitrogens with one attached hydrogen (secondary N) is 2. The van der Waals surface area contributed by atoms with Crippen LogP contribution in [0.1, 0.15) is 144 Å². The van der Waals surface area contributed by atoms with Crippen LogP contribution >= 0.6 is 15.9 Å². The van der Waals surface area contributed by atoms with Crippen molar-refractivity contribution in [1.29, 1.82) is 0 Å². The van der Waals surface area contributed by atoms with Crippen molar-refractivity contribution in [1.82, 2.24) is 39.8 Å². The molecule has 6 fully saturated rings. The van der Waals surface area contributed by atoms with Crippen molar-refractivity contribution in [3.8, 4) is 23.3 Å². The fourth-order valence-corrected chi connectivity index (χ4v) is 11.7. The molecule has 6 saturated carbocycles. The Morgan fingerprint density at radius 1 is 0.662 bits per heavy atom. The quantitative estimate of drug-likeness (QED) is 0.0281. The topological polar surface area (TPSA) is 282 Å². The number of carbonyl (C=O) groups excluding carboxylic acids is 4. The van der Waals surface area contributed by atoms with Gasteiger partial charge in [0.2, 0.25) is 11.8 Å². The number of nitrogens with two attached hydrogens (primary N) is 2. The monoisotopic (exact) mass is 1170 g/mol. The zero-order valence-electron chi connectivity index (χ0n) is 43.8. The van der Waals surface area contributed by atoms with E-state index in [1.165, 1.54) is 23.0 Å². The van der Waals surface area contributed by atoms with Crippen LogP contribution in [0, 0.1) is 10.8 Å². The minimum absolute atomic E-state index is 0.0299. The number of pyridine rings is 4. The molecule has 0 saturated heterocycles. The molecule has 6 aliphatic rings. The lowest BCUT2D eigenvalue weighted by molar-refractivity contribution is -0.0852. The first-order valence-electron chi connectivity index (χ1n) is 26.4. The fraction of sp³-hybridized carbons (Fsp3) is 0.481. The van der Waals surface area contributed by atoms with E-state index in [0.717, 1.165) is 96.6 Å². The van der Waals surface area contributed by atoms with Crippen molar-refractivity contribution in [2.75, 3.05) is 13.2 Å². The summed E-state index contributed by atoms with van der Waals surface area (Å²) in [7, 11) is -1.04. The van der Waals surface area contributed by atoms with Crippen molar-refractivity contribution in [2.24, 2.45) is 22.3 Å². The minimum atomic E-state index is -2.97. The van der Waals surface area contributed by atoms with Crippen molar-refractivity contribution in [2.45, 2.75) is 139 Å². The van der Waals surface area contributed by atoms with Gasteiger partial charge in [0, 0.05) is 44.2 Å². The minimum Gasteiger partial charge on any atom is -0.485 e. The molecule has 20 nitrogen and oxygen atoms in total. The number of primary amides is 2. The van der Waals surface area contributed by atoms with Gasteiger partial charge in [-0.15, -0.1) is 0 Å². The summed E-state index contributed by atoms with van der Waals surface area (Å²) in [5.74, 6) is -6.02. The molecule has 0 bridgehead atoms. The Hall–Kier alpha value is -7.06. The Bertz CT molecular complexity index is 3300. The number of rotatable bonds is 18. The average Bonchev–Trinajstić information content (AvgIpc) is 4.31. The first-order chi connectivity index (χ1) is 37.9. The number of ether oxygens (including phenoxy) is 4. The van der Waals surface area contributed by atoms with Crippen LogP contribution in [0.2, 0.25) is 5.82 Å². The van der Waals surface area contributed by atoms with E-state index in [9.17, 15) is 36.7 Å². The number of alkyl halides is 4. The largest absolute Gasteiger partial charge is 0.485 e. The van der Waals surface area contributed by atoms with E-state index in [-0.39, 0.29) is 87.3 Å². The molecule has 424 valence electrons. The molecule has 6 aromatic rings. The third-order valence-corrected chi connectivity index (χ3v) is 16.1. The third-order valence-electron chi connectivity index (χ3n) is 15.4. The zero-order valence-corrected chi connectivity index (χ0v) is 45.3. The van der Waals surface area contributed by atoms with E-state index in [4.69, 9.17) is 40.5 Å². The molecular formula is C54H60BBrF4N10O10. The number of carbonyl (C=O) groups is 4. The van der Waals surface area contributed by atoms with Gasteiger partial charge in [-0.25, -0.2) is 36.6 Å². The van der Waals surface area contributed by atoms with Crippen LogP contribution in [0.25, 0.3) is 11.0 Å². The maximum Gasteiger partial charge on any atom is 0.454 e. The van der Waals surface area contributed by atoms with Crippen LogP contribution in [0.4, 0.5) is 17.6 Å². The molecular weight excluding hydrogens is 1120 g/mol. The number of hydrogen-bond donors (Lipinski definition) is 6. The second-order valence-electron chi connectivity index (χ2n) is 22.4. The predicted molar refractivity (Wildman–Crippen MR) is 284 cm³/mol. The normalized spacial score (nSPS) is 23.6. The number of halogens is 5. The number of fused-ring (bicyclic) bond motifs is 2. The fourth-order valence-electron chi connectivity index (χ4n) is 11.2. The van der Waals surface area contributed by atoms with Gasteiger partial charge in [-0.05, 0) is 145 Å². The van der Waals surface area contributed by atoms with E-state index >= 15 is 0 Å². The molecule has 26 heteroatoms. The second kappa shape index (κ2) is 22.1. The van der Waals surface area contributed by atoms with Crippen LogP contribution < -0.4 is 41.0 Å². The van der Waals surface area contributed by atoms with Gasteiger partial charge in [0.25, 0.3) is 35.5 Å². The first-order valence-corrected chi connectivity index (χ1v) is 27.2. The number of amides is 4. The lowest BCUT2D eigenvalue weighted by atomic mass is 9.53. The van der Waals surface area contributed by atoms with E-state index in [0.29, 0.717) is 32.5 Å². The van der Waals surface area contributed by atoms with Gasteiger partial charge in [-0.2, -0.15) is 10.2 Å². The molecule has 0 radical (unpaired) electrons. The van der Waals surface area contributed by atoms with Crippen LogP contribution in [0.5, 0.6) is 23.3 Å². The standard InChI is InChI=1S/C27H29F2N5O4.C24H24BrF2N5O4.C3H7BO2/c1-26(28,29)14-37-21-7-6-20-19(13-32-34(20)22(21)15-4-5-15)24(36)33-16-9-27(10-16)11-17(12-27)38-25-18(23(30)35)3-2-8-31-25;1-23(26,27)12-35-18-5-4-17-16(11-30-32(17)19(18)25)21(34)31-13-7-24(8-13)9-14(10-24)36-22-15(20(28)33)3-2-6-29-22;5-4(6)3-1-2-3/h2-3,6-8,13,15-17H,4-5,9-12,14H2,1H3,(H2,30,35)(H,33,36);2-6,11,13-14H,7-10,12H2,1H3,(H2,28,33)(H,31,34);3,5-6H,1-2H2. The summed E-state index contributed by atoms with van der Waals surface area (Å²) in [5, 5.41) is 31.3. The molecule has 6 heterocycles. The van der Waals surface area contributed by atoms with E-state index in [2.05, 4.69) is 46.7 Å². The molecule has 12 rings (SSSR count). The van der Waals surface area contributed by atoms with Gasteiger partial charge in [-0.3, -0.25) is 19.2 Å². The molecule has 2 spiro atoms. The summed E-state index contributed by atoms with van der Waals surface area (Å²) in [5.41, 5.74) is 14.3. The summed E-state index contributed by atoms with van der Waals surface area (Å²) in [6, 6.07) is 13.0. The smallest absolute Gasteiger partial charge is 0.454 e. The molecule has 0 atom stereocenters. The van der Waals surface area contributed by atoms with Crippen LogP contribution in [0.15, 0.2) is 77.9 Å². The Morgan fingerprint density at radius 3 is 1.51 bits per heavy atom. The highest BCUT2D eigenvalue weighted by molar-refractivity contribution is 9.10. The third kappa shape index (κ3) is 12.8. The molecule has 80 heavy (non-hydrogen) atoms. The molecule has 0 unspecified atom stereocenters. The molecule has 4 amide bonds. The maximum absolute atomic E-state index is 13.4. The summed E-state index contributed by atoms with van der Waals surface area (Å²) in [6.45, 7) is 0.114. The second-order valence-corrected chi connectivity index (χ2v) is 23.2. The summed E-state index contributed by atoms with van der Waals surface area (Å²) in [4.78, 5) is 57.4. The Morgan fingerprint density at radius 2 is 1.10 bits per heavy atom. The highest BCUT2D eigenvalue weighted by atomic mass is 79.9. The van der Waals surface area contributed by atoms with Gasteiger partial charge < -0.3 is 51.1 Å². The average molecular weight is 1180 g/mol. The van der Waals surface area contributed by atoms with E-state index in [1.54, 1.807) is 59.4 Å². The highest BCUT2D eigenvalue weighted by Gasteiger charge is 2.56. The van der Waals surface area contributed by atoms with Gasteiger partial charge in [0.1, 0.15) is 33.7 Å². The Kier molecular flexibility index (Phi) is 15.5. The first kappa shape index (κ1) is 56.2. The van der Waals surface area contributed by atoms with Crippen molar-refractivity contribution < 1.29 is 65.7 Å². The van der Waals surface area contributed by atoms with Crippen LogP contribution in [-0.4, -0.2) is 119 Å². The van der Waals surface area contributed by atoms with Crippen molar-refractivity contribution >= 4 is 57.7 Å². The summed E-state index contributed by atoms with van der Waals surface area (Å²) >= 11 is 3.32. The van der Waals surface area contributed by atoms with Gasteiger partial charge in [-0.1, -0.05) is 12.8 Å². The number of aromatic nitrogens is 6. The lowest BCUT2D eigenvalue weighted by Crippen LogP contribution is -2.58. The van der Waals surface area contributed by atoms with Crippen molar-refractivity contribution in [3.63, 3.8) is 0 Å². The lowest BCUT2D eigenvalue weighted by Gasteiger charge is -2.57. The molecule has 6 aliphatic carbocycles. The predicted octanol–water partition coefficient (Wildman–Crippen LogP) is 7.23.